The van der Waals surface area contributed by atoms with Crippen LogP contribution in [0.25, 0.3) is 0 Å². The van der Waals surface area contributed by atoms with Crippen LogP contribution in [0.15, 0.2) is 36.4 Å². The van der Waals surface area contributed by atoms with E-state index >= 15 is 0 Å². The molecule has 0 fully saturated rings. The maximum atomic E-state index is 14.1. The van der Waals surface area contributed by atoms with Gasteiger partial charge in [-0.05, 0) is 61.9 Å². The van der Waals surface area contributed by atoms with Crippen molar-refractivity contribution >= 4 is 5.69 Å². The molecule has 1 aliphatic heterocycles. The van der Waals surface area contributed by atoms with E-state index in [4.69, 9.17) is 4.74 Å². The van der Waals surface area contributed by atoms with Crippen molar-refractivity contribution in [3.05, 3.63) is 58.9 Å². The molecular weight excluding hydrogens is 313 g/mol. The number of fused-ring (bicyclic) bond motifs is 1. The number of para-hydroxylation sites is 1. The number of rotatable bonds is 6. The van der Waals surface area contributed by atoms with Crippen LogP contribution in [-0.4, -0.2) is 12.6 Å². The third kappa shape index (κ3) is 3.97. The van der Waals surface area contributed by atoms with Crippen molar-refractivity contribution in [2.24, 2.45) is 0 Å². The van der Waals surface area contributed by atoms with Crippen molar-refractivity contribution in [3.8, 4) is 5.75 Å². The predicted molar refractivity (Wildman–Crippen MR) is 102 cm³/mol. The van der Waals surface area contributed by atoms with Crippen LogP contribution in [0.2, 0.25) is 0 Å². The lowest BCUT2D eigenvalue weighted by Gasteiger charge is -2.36. The van der Waals surface area contributed by atoms with Gasteiger partial charge in [-0.15, -0.1) is 0 Å². The Morgan fingerprint density at radius 3 is 2.76 bits per heavy atom. The lowest BCUT2D eigenvalue weighted by Crippen LogP contribution is -2.35. The van der Waals surface area contributed by atoms with Crippen LogP contribution in [-0.2, 0) is 19.4 Å². The van der Waals surface area contributed by atoms with Gasteiger partial charge in [-0.2, -0.15) is 0 Å². The quantitative estimate of drug-likeness (QED) is 0.686. The Kier molecular flexibility index (Phi) is 5.62. The van der Waals surface area contributed by atoms with Gasteiger partial charge in [-0.3, -0.25) is 0 Å². The Bertz CT molecular complexity index is 726. The van der Waals surface area contributed by atoms with E-state index in [1.165, 1.54) is 17.7 Å². The molecule has 2 aromatic rings. The normalized spacial score (nSPS) is 13.9. The van der Waals surface area contributed by atoms with Gasteiger partial charge >= 0.3 is 0 Å². The third-order valence-electron chi connectivity index (χ3n) is 4.87. The Balaban J connectivity index is 1.79. The minimum absolute atomic E-state index is 0.123. The minimum atomic E-state index is -0.123. The summed E-state index contributed by atoms with van der Waals surface area (Å²) < 4.78 is 20.3. The number of benzene rings is 2. The first-order valence-electron chi connectivity index (χ1n) is 9.38. The number of aryl methyl sites for hydroxylation is 2. The highest BCUT2D eigenvalue weighted by Gasteiger charge is 2.23. The molecule has 0 atom stereocenters. The number of ether oxygens (including phenoxy) is 1. The molecule has 0 saturated carbocycles. The van der Waals surface area contributed by atoms with E-state index < -0.39 is 0 Å². The summed E-state index contributed by atoms with van der Waals surface area (Å²) >= 11 is 0. The third-order valence-corrected chi connectivity index (χ3v) is 4.87. The fraction of sp³-hybridized carbons (Fsp3) is 0.455. The summed E-state index contributed by atoms with van der Waals surface area (Å²) in [7, 11) is 0. The van der Waals surface area contributed by atoms with Crippen LogP contribution in [0.1, 0.15) is 50.3 Å². The van der Waals surface area contributed by atoms with Gasteiger partial charge in [0.25, 0.3) is 0 Å². The molecular formula is C22H28FNO. The van der Waals surface area contributed by atoms with Gasteiger partial charge < -0.3 is 9.64 Å². The summed E-state index contributed by atoms with van der Waals surface area (Å²) in [4.78, 5) is 2.42. The van der Waals surface area contributed by atoms with E-state index in [9.17, 15) is 4.39 Å². The first-order chi connectivity index (χ1) is 12.1. The van der Waals surface area contributed by atoms with Crippen molar-refractivity contribution in [1.29, 1.82) is 0 Å². The Morgan fingerprint density at radius 2 is 2.04 bits per heavy atom. The molecule has 0 aliphatic carbocycles. The van der Waals surface area contributed by atoms with E-state index in [2.05, 4.69) is 37.8 Å². The second kappa shape index (κ2) is 7.90. The van der Waals surface area contributed by atoms with Crippen LogP contribution >= 0.6 is 0 Å². The van der Waals surface area contributed by atoms with Gasteiger partial charge in [-0.1, -0.05) is 37.6 Å². The summed E-state index contributed by atoms with van der Waals surface area (Å²) in [6, 6.07) is 12.2. The Labute approximate surface area is 150 Å². The molecule has 0 saturated heterocycles. The summed E-state index contributed by atoms with van der Waals surface area (Å²) in [6.45, 7) is 7.95. The van der Waals surface area contributed by atoms with Gasteiger partial charge in [0.1, 0.15) is 18.2 Å². The van der Waals surface area contributed by atoms with Gasteiger partial charge in [0.2, 0.25) is 0 Å². The van der Waals surface area contributed by atoms with Crippen LogP contribution in [0.3, 0.4) is 0 Å². The summed E-state index contributed by atoms with van der Waals surface area (Å²) in [5, 5.41) is 0. The molecule has 1 aliphatic rings. The summed E-state index contributed by atoms with van der Waals surface area (Å²) in [5.41, 5.74) is 4.23. The molecule has 25 heavy (non-hydrogen) atoms. The molecule has 3 rings (SSSR count). The molecule has 0 aromatic heterocycles. The molecule has 1 heterocycles. The molecule has 3 heteroatoms. The number of halogens is 1. The number of hydrogen-bond acceptors (Lipinski definition) is 2. The second-order valence-electron chi connectivity index (χ2n) is 7.12. The SMILES string of the molecule is CCCc1ccc(COc2cccc3c2N(C(C)C)CCC3)cc1F. The molecule has 0 N–H and O–H groups in total. The van der Waals surface area contributed by atoms with E-state index in [0.29, 0.717) is 12.6 Å². The zero-order valence-corrected chi connectivity index (χ0v) is 15.5. The summed E-state index contributed by atoms with van der Waals surface area (Å²) in [5.74, 6) is 0.783. The molecule has 134 valence electrons. The highest BCUT2D eigenvalue weighted by atomic mass is 19.1. The van der Waals surface area contributed by atoms with E-state index in [-0.39, 0.29) is 5.82 Å². The number of hydrogen-bond donors (Lipinski definition) is 0. The van der Waals surface area contributed by atoms with E-state index in [1.54, 1.807) is 6.07 Å². The van der Waals surface area contributed by atoms with Crippen molar-refractivity contribution in [2.45, 2.75) is 59.1 Å². The predicted octanol–water partition coefficient (Wildman–Crippen LogP) is 5.52. The monoisotopic (exact) mass is 341 g/mol. The first kappa shape index (κ1) is 17.8. The van der Waals surface area contributed by atoms with E-state index in [0.717, 1.165) is 42.7 Å². The van der Waals surface area contributed by atoms with Crippen molar-refractivity contribution < 1.29 is 9.13 Å². The van der Waals surface area contributed by atoms with Gasteiger partial charge in [0.15, 0.2) is 0 Å². The molecule has 0 bridgehead atoms. The standard InChI is InChI=1S/C22H28FNO/c1-4-7-18-12-11-17(14-20(18)23)15-25-21-10-5-8-19-9-6-13-24(16(2)3)22(19)21/h5,8,10-12,14,16H,4,6-7,9,13,15H2,1-3H3. The highest BCUT2D eigenvalue weighted by Crippen LogP contribution is 2.37. The largest absolute Gasteiger partial charge is 0.487 e. The summed E-state index contributed by atoms with van der Waals surface area (Å²) in [6.07, 6.45) is 4.01. The second-order valence-corrected chi connectivity index (χ2v) is 7.12. The maximum absolute atomic E-state index is 14.1. The number of nitrogens with zero attached hydrogens (tertiary/aromatic N) is 1. The van der Waals surface area contributed by atoms with Crippen LogP contribution in [0.4, 0.5) is 10.1 Å². The zero-order valence-electron chi connectivity index (χ0n) is 15.5. The van der Waals surface area contributed by atoms with Crippen molar-refractivity contribution in [1.82, 2.24) is 0 Å². The van der Waals surface area contributed by atoms with Gasteiger partial charge in [0.05, 0.1) is 5.69 Å². The van der Waals surface area contributed by atoms with Crippen LogP contribution in [0, 0.1) is 5.82 Å². The molecule has 2 nitrogen and oxygen atoms in total. The Hall–Kier alpha value is -2.03. The molecule has 0 unspecified atom stereocenters. The van der Waals surface area contributed by atoms with Crippen molar-refractivity contribution in [3.63, 3.8) is 0 Å². The highest BCUT2D eigenvalue weighted by molar-refractivity contribution is 5.65. The van der Waals surface area contributed by atoms with Gasteiger partial charge in [0, 0.05) is 12.6 Å². The topological polar surface area (TPSA) is 12.5 Å². The molecule has 0 radical (unpaired) electrons. The van der Waals surface area contributed by atoms with Crippen molar-refractivity contribution in [2.75, 3.05) is 11.4 Å². The fourth-order valence-electron chi connectivity index (χ4n) is 3.59. The van der Waals surface area contributed by atoms with Gasteiger partial charge in [-0.25, -0.2) is 4.39 Å². The minimum Gasteiger partial charge on any atom is -0.487 e. The molecule has 2 aromatic carbocycles. The van der Waals surface area contributed by atoms with Crippen LogP contribution in [0.5, 0.6) is 5.75 Å². The average molecular weight is 341 g/mol. The van der Waals surface area contributed by atoms with E-state index in [1.807, 2.05) is 18.2 Å². The zero-order chi connectivity index (χ0) is 17.8. The number of anilines is 1. The smallest absolute Gasteiger partial charge is 0.143 e. The Morgan fingerprint density at radius 1 is 1.20 bits per heavy atom. The molecule has 0 amide bonds. The maximum Gasteiger partial charge on any atom is 0.143 e. The fourth-order valence-corrected chi connectivity index (χ4v) is 3.59. The average Bonchev–Trinajstić information content (AvgIpc) is 2.61. The molecule has 0 spiro atoms. The lowest BCUT2D eigenvalue weighted by atomic mass is 9.99. The first-order valence-corrected chi connectivity index (χ1v) is 9.38. The lowest BCUT2D eigenvalue weighted by molar-refractivity contribution is 0.304. The van der Waals surface area contributed by atoms with Crippen LogP contribution < -0.4 is 9.64 Å².